The van der Waals surface area contributed by atoms with Gasteiger partial charge in [0, 0.05) is 27.6 Å². The molecule has 0 spiro atoms. The molecular weight excluding hydrogens is 460 g/mol. The number of fused-ring (bicyclic) bond motifs is 1. The summed E-state index contributed by atoms with van der Waals surface area (Å²) in [6.45, 7) is 0. The average Bonchev–Trinajstić information content (AvgIpc) is 2.56. The van der Waals surface area contributed by atoms with Gasteiger partial charge < -0.3 is 9.73 Å². The summed E-state index contributed by atoms with van der Waals surface area (Å²) in [4.78, 5) is 34.6. The van der Waals surface area contributed by atoms with E-state index >= 15 is 0 Å². The molecule has 7 nitrogen and oxygen atoms in total. The van der Waals surface area contributed by atoms with Crippen LogP contribution >= 0.6 is 31.9 Å². The minimum atomic E-state index is -0.727. The van der Waals surface area contributed by atoms with Gasteiger partial charge in [-0.1, -0.05) is 22.0 Å². The molecule has 126 valence electrons. The lowest BCUT2D eigenvalue weighted by Crippen LogP contribution is -2.18. The number of halogens is 2. The van der Waals surface area contributed by atoms with Gasteiger partial charge in [-0.25, -0.2) is 4.79 Å². The van der Waals surface area contributed by atoms with Gasteiger partial charge in [-0.3, -0.25) is 14.9 Å². The van der Waals surface area contributed by atoms with E-state index in [4.69, 9.17) is 4.42 Å². The van der Waals surface area contributed by atoms with E-state index in [2.05, 4.69) is 37.2 Å². The second kappa shape index (κ2) is 6.77. The molecule has 3 aromatic rings. The maximum Gasteiger partial charge on any atom is 0.360 e. The molecular formula is C16H8Br2N2O5. The predicted octanol–water partition coefficient (Wildman–Crippen LogP) is 4.48. The fraction of sp³-hybridized carbons (Fsp3) is 0. The Morgan fingerprint density at radius 1 is 1.16 bits per heavy atom. The Hall–Kier alpha value is -2.52. The first-order valence-electron chi connectivity index (χ1n) is 6.84. The van der Waals surface area contributed by atoms with E-state index in [1.807, 2.05) is 0 Å². The van der Waals surface area contributed by atoms with Crippen LogP contribution in [0, 0.1) is 10.1 Å². The Kier molecular flexibility index (Phi) is 4.69. The molecule has 3 rings (SSSR count). The van der Waals surface area contributed by atoms with Gasteiger partial charge in [-0.15, -0.1) is 0 Å². The molecule has 2 aromatic carbocycles. The Bertz CT molecular complexity index is 1080. The first-order valence-corrected chi connectivity index (χ1v) is 8.42. The summed E-state index contributed by atoms with van der Waals surface area (Å²) >= 11 is 6.64. The number of nitrogens with one attached hydrogen (secondary N) is 1. The van der Waals surface area contributed by atoms with Gasteiger partial charge in [0.05, 0.1) is 9.40 Å². The number of nitrogens with zero attached hydrogens (tertiary/aromatic N) is 1. The molecule has 0 unspecified atom stereocenters. The number of rotatable bonds is 3. The molecule has 0 aliphatic carbocycles. The smallest absolute Gasteiger partial charge is 0.360 e. The molecule has 0 aliphatic heterocycles. The number of carbonyl (C=O) groups is 1. The Labute approximate surface area is 157 Å². The highest BCUT2D eigenvalue weighted by molar-refractivity contribution is 9.11. The minimum absolute atomic E-state index is 0.0594. The molecule has 1 aromatic heterocycles. The molecule has 0 saturated heterocycles. The molecule has 1 heterocycles. The highest BCUT2D eigenvalue weighted by Crippen LogP contribution is 2.29. The van der Waals surface area contributed by atoms with Crippen molar-refractivity contribution in [3.05, 3.63) is 77.5 Å². The third-order valence-corrected chi connectivity index (χ3v) is 4.37. The molecule has 0 fully saturated rings. The molecule has 0 bridgehead atoms. The summed E-state index contributed by atoms with van der Waals surface area (Å²) in [5, 5.41) is 13.8. The number of hydrogen-bond acceptors (Lipinski definition) is 5. The first kappa shape index (κ1) is 17.3. The van der Waals surface area contributed by atoms with Crippen LogP contribution < -0.4 is 10.9 Å². The highest BCUT2D eigenvalue weighted by atomic mass is 79.9. The highest BCUT2D eigenvalue weighted by Gasteiger charge is 2.15. The van der Waals surface area contributed by atoms with Gasteiger partial charge in [0.15, 0.2) is 5.58 Å². The molecule has 25 heavy (non-hydrogen) atoms. The van der Waals surface area contributed by atoms with Crippen LogP contribution in [0.3, 0.4) is 0 Å². The summed E-state index contributed by atoms with van der Waals surface area (Å²) in [6.07, 6.45) is 0. The SMILES string of the molecule is O=C(Nc1cc2cc(Br)cc(Br)c2oc1=O)c1cccc([N+](=O)[O-])c1. The third-order valence-electron chi connectivity index (χ3n) is 3.32. The molecule has 0 radical (unpaired) electrons. The van der Waals surface area contributed by atoms with Crippen LogP contribution in [0.15, 0.2) is 60.6 Å². The van der Waals surface area contributed by atoms with Crippen LogP contribution in [0.5, 0.6) is 0 Å². The van der Waals surface area contributed by atoms with Crippen molar-refractivity contribution in [3.63, 3.8) is 0 Å². The van der Waals surface area contributed by atoms with Crippen molar-refractivity contribution >= 4 is 60.1 Å². The van der Waals surface area contributed by atoms with E-state index < -0.39 is 16.5 Å². The lowest BCUT2D eigenvalue weighted by molar-refractivity contribution is -0.384. The third kappa shape index (κ3) is 3.62. The summed E-state index contributed by atoms with van der Waals surface area (Å²) in [7, 11) is 0. The predicted molar refractivity (Wildman–Crippen MR) is 98.9 cm³/mol. The van der Waals surface area contributed by atoms with Crippen LogP contribution in [0.4, 0.5) is 11.4 Å². The summed E-state index contributed by atoms with van der Waals surface area (Å²) in [5.41, 5.74) is -0.597. The summed E-state index contributed by atoms with van der Waals surface area (Å²) in [6, 6.07) is 10.1. The van der Waals surface area contributed by atoms with Gasteiger partial charge >= 0.3 is 5.63 Å². The van der Waals surface area contributed by atoms with E-state index in [1.165, 1.54) is 24.3 Å². The number of non-ortho nitro benzene ring substituents is 1. The molecule has 9 heteroatoms. The number of anilines is 1. The van der Waals surface area contributed by atoms with Crippen molar-refractivity contribution < 1.29 is 14.1 Å². The number of carbonyl (C=O) groups excluding carboxylic acids is 1. The van der Waals surface area contributed by atoms with Crippen LogP contribution in [0.25, 0.3) is 11.0 Å². The summed E-state index contributed by atoms with van der Waals surface area (Å²) < 4.78 is 6.58. The standard InChI is InChI=1S/C16H8Br2N2O5/c17-10-4-9-6-13(16(22)25-14(9)12(18)7-10)19-15(21)8-2-1-3-11(5-8)20(23)24/h1-7H,(H,19,21). The first-order chi connectivity index (χ1) is 11.8. The molecule has 0 atom stereocenters. The number of nitro groups is 1. The molecule has 1 N–H and O–H groups in total. The second-order valence-corrected chi connectivity index (χ2v) is 6.79. The quantitative estimate of drug-likeness (QED) is 0.347. The molecule has 0 aliphatic rings. The topological polar surface area (TPSA) is 102 Å². The normalized spacial score (nSPS) is 10.6. The Morgan fingerprint density at radius 3 is 2.64 bits per heavy atom. The number of amides is 1. The lowest BCUT2D eigenvalue weighted by Gasteiger charge is -2.06. The largest absolute Gasteiger partial charge is 0.420 e. The van der Waals surface area contributed by atoms with Crippen molar-refractivity contribution in [1.82, 2.24) is 0 Å². The van der Waals surface area contributed by atoms with Crippen LogP contribution in [-0.4, -0.2) is 10.8 Å². The van der Waals surface area contributed by atoms with Gasteiger partial charge in [0.25, 0.3) is 11.6 Å². The van der Waals surface area contributed by atoms with Crippen molar-refractivity contribution in [2.75, 3.05) is 5.32 Å². The van der Waals surface area contributed by atoms with E-state index in [0.29, 0.717) is 15.4 Å². The average molecular weight is 468 g/mol. The summed E-state index contributed by atoms with van der Waals surface area (Å²) in [5.74, 6) is -0.649. The van der Waals surface area contributed by atoms with Crippen molar-refractivity contribution in [2.45, 2.75) is 0 Å². The number of hydrogen-bond donors (Lipinski definition) is 1. The van der Waals surface area contributed by atoms with E-state index in [-0.39, 0.29) is 16.9 Å². The van der Waals surface area contributed by atoms with Crippen molar-refractivity contribution in [1.29, 1.82) is 0 Å². The monoisotopic (exact) mass is 466 g/mol. The maximum atomic E-state index is 12.3. The van der Waals surface area contributed by atoms with Gasteiger partial charge in [0.1, 0.15) is 5.69 Å². The van der Waals surface area contributed by atoms with Crippen molar-refractivity contribution in [3.8, 4) is 0 Å². The lowest BCUT2D eigenvalue weighted by atomic mass is 10.2. The second-order valence-electron chi connectivity index (χ2n) is 5.02. The number of benzene rings is 2. The van der Waals surface area contributed by atoms with Crippen molar-refractivity contribution in [2.24, 2.45) is 0 Å². The van der Waals surface area contributed by atoms with Crippen LogP contribution in [0.2, 0.25) is 0 Å². The maximum absolute atomic E-state index is 12.3. The van der Waals surface area contributed by atoms with E-state index in [0.717, 1.165) is 10.5 Å². The van der Waals surface area contributed by atoms with E-state index in [1.54, 1.807) is 12.1 Å². The minimum Gasteiger partial charge on any atom is -0.420 e. The van der Waals surface area contributed by atoms with E-state index in [9.17, 15) is 19.7 Å². The zero-order valence-electron chi connectivity index (χ0n) is 12.3. The Balaban J connectivity index is 1.99. The van der Waals surface area contributed by atoms with Crippen LogP contribution in [-0.2, 0) is 0 Å². The Morgan fingerprint density at radius 2 is 1.92 bits per heavy atom. The van der Waals surface area contributed by atoms with Crippen LogP contribution in [0.1, 0.15) is 10.4 Å². The van der Waals surface area contributed by atoms with Gasteiger partial charge in [-0.2, -0.15) is 0 Å². The number of nitro benzene ring substituents is 1. The zero-order valence-corrected chi connectivity index (χ0v) is 15.5. The fourth-order valence-corrected chi connectivity index (χ4v) is 3.54. The zero-order chi connectivity index (χ0) is 18.1. The molecule has 0 saturated carbocycles. The fourth-order valence-electron chi connectivity index (χ4n) is 2.20. The van der Waals surface area contributed by atoms with Gasteiger partial charge in [-0.05, 0) is 40.2 Å². The molecule has 1 amide bonds. The van der Waals surface area contributed by atoms with Gasteiger partial charge in [0.2, 0.25) is 0 Å².